The summed E-state index contributed by atoms with van der Waals surface area (Å²) in [6.07, 6.45) is 5.72. The molecule has 152 valence electrons. The van der Waals surface area contributed by atoms with Gasteiger partial charge in [0.25, 0.3) is 5.56 Å². The summed E-state index contributed by atoms with van der Waals surface area (Å²) in [4.78, 5) is 31.7. The molecule has 0 fully saturated rings. The number of fused-ring (bicyclic) bond motifs is 3. The molecule has 3 aromatic rings. The van der Waals surface area contributed by atoms with Crippen molar-refractivity contribution in [2.45, 2.75) is 51.6 Å². The van der Waals surface area contributed by atoms with E-state index in [2.05, 4.69) is 10.3 Å². The molecule has 1 atom stereocenters. The number of nitrogens with zero attached hydrogens (tertiary/aromatic N) is 2. The number of carbonyl (C=O) groups excluding carboxylic acids is 1. The molecule has 29 heavy (non-hydrogen) atoms. The Balaban J connectivity index is 1.45. The molecule has 2 heterocycles. The molecule has 2 aromatic heterocycles. The van der Waals surface area contributed by atoms with Gasteiger partial charge in [0.2, 0.25) is 5.91 Å². The van der Waals surface area contributed by atoms with Gasteiger partial charge in [-0.25, -0.2) is 13.8 Å². The van der Waals surface area contributed by atoms with Gasteiger partial charge in [-0.2, -0.15) is 0 Å². The maximum atomic E-state index is 13.4. The first-order valence-electron chi connectivity index (χ1n) is 9.68. The molecule has 1 aliphatic rings. The molecular formula is C21H21F2N3O2S. The molecule has 5 nitrogen and oxygen atoms in total. The fourth-order valence-corrected chi connectivity index (χ4v) is 4.96. The van der Waals surface area contributed by atoms with Crippen LogP contribution >= 0.6 is 11.3 Å². The highest BCUT2D eigenvalue weighted by molar-refractivity contribution is 7.18. The van der Waals surface area contributed by atoms with Crippen LogP contribution in [0.25, 0.3) is 10.2 Å². The minimum atomic E-state index is -0.950. The van der Waals surface area contributed by atoms with E-state index in [9.17, 15) is 18.4 Å². The highest BCUT2D eigenvalue weighted by atomic mass is 32.1. The van der Waals surface area contributed by atoms with E-state index in [-0.39, 0.29) is 24.4 Å². The zero-order valence-corrected chi connectivity index (χ0v) is 16.8. The number of thiophene rings is 1. The highest BCUT2D eigenvalue weighted by Gasteiger charge is 2.20. The number of carbonyl (C=O) groups is 1. The van der Waals surface area contributed by atoms with E-state index in [4.69, 9.17) is 0 Å². The molecule has 0 saturated carbocycles. The summed E-state index contributed by atoms with van der Waals surface area (Å²) in [7, 11) is 0. The van der Waals surface area contributed by atoms with Gasteiger partial charge in [0, 0.05) is 17.8 Å². The van der Waals surface area contributed by atoms with E-state index in [0.717, 1.165) is 48.2 Å². The predicted molar refractivity (Wildman–Crippen MR) is 108 cm³/mol. The van der Waals surface area contributed by atoms with Gasteiger partial charge in [0.05, 0.1) is 17.8 Å². The van der Waals surface area contributed by atoms with E-state index >= 15 is 0 Å². The summed E-state index contributed by atoms with van der Waals surface area (Å²) in [6.45, 7) is 1.91. The van der Waals surface area contributed by atoms with Crippen molar-refractivity contribution in [2.24, 2.45) is 0 Å². The van der Waals surface area contributed by atoms with E-state index in [1.165, 1.54) is 21.8 Å². The normalized spacial score (nSPS) is 14.6. The third-order valence-corrected chi connectivity index (χ3v) is 6.54. The zero-order chi connectivity index (χ0) is 20.5. The molecule has 0 radical (unpaired) electrons. The van der Waals surface area contributed by atoms with Crippen LogP contribution < -0.4 is 10.9 Å². The van der Waals surface area contributed by atoms with Crippen LogP contribution in [0.2, 0.25) is 0 Å². The maximum Gasteiger partial charge on any atom is 0.262 e. The second-order valence-electron chi connectivity index (χ2n) is 7.35. The van der Waals surface area contributed by atoms with Crippen molar-refractivity contribution in [3.63, 3.8) is 0 Å². The Labute approximate surface area is 170 Å². The van der Waals surface area contributed by atoms with Crippen molar-refractivity contribution in [3.8, 4) is 0 Å². The molecule has 0 saturated heterocycles. The van der Waals surface area contributed by atoms with Gasteiger partial charge in [0.1, 0.15) is 4.83 Å². The van der Waals surface area contributed by atoms with Crippen LogP contribution in [-0.2, 0) is 24.2 Å². The monoisotopic (exact) mass is 417 g/mol. The number of amides is 1. The van der Waals surface area contributed by atoms with Crippen molar-refractivity contribution >= 4 is 27.5 Å². The van der Waals surface area contributed by atoms with Crippen LogP contribution in [0.5, 0.6) is 0 Å². The Morgan fingerprint density at radius 1 is 1.28 bits per heavy atom. The van der Waals surface area contributed by atoms with Gasteiger partial charge in [-0.15, -0.1) is 11.3 Å². The molecule has 0 spiro atoms. The average molecular weight is 417 g/mol. The number of aromatic nitrogens is 2. The Hall–Kier alpha value is -2.61. The van der Waals surface area contributed by atoms with E-state index < -0.39 is 17.7 Å². The van der Waals surface area contributed by atoms with Gasteiger partial charge in [0.15, 0.2) is 11.6 Å². The Morgan fingerprint density at radius 2 is 2.07 bits per heavy atom. The van der Waals surface area contributed by atoms with Crippen molar-refractivity contribution in [1.29, 1.82) is 0 Å². The molecule has 0 aliphatic heterocycles. The molecule has 1 aromatic carbocycles. The van der Waals surface area contributed by atoms with Crippen molar-refractivity contribution < 1.29 is 13.6 Å². The molecule has 1 unspecified atom stereocenters. The van der Waals surface area contributed by atoms with E-state index in [1.54, 1.807) is 18.3 Å². The maximum absolute atomic E-state index is 13.4. The van der Waals surface area contributed by atoms with Crippen LogP contribution in [0, 0.1) is 11.6 Å². The van der Waals surface area contributed by atoms with Gasteiger partial charge in [-0.3, -0.25) is 14.2 Å². The minimum absolute atomic E-state index is 0.0907. The van der Waals surface area contributed by atoms with Crippen molar-refractivity contribution in [2.75, 3.05) is 0 Å². The lowest BCUT2D eigenvalue weighted by molar-refractivity contribution is -0.121. The Morgan fingerprint density at radius 3 is 2.86 bits per heavy atom. The number of benzene rings is 1. The number of hydrogen-bond acceptors (Lipinski definition) is 4. The molecular weight excluding hydrogens is 396 g/mol. The number of aryl methyl sites for hydroxylation is 3. The lowest BCUT2D eigenvalue weighted by Gasteiger charge is -2.15. The number of nitrogens with one attached hydrogen (secondary N) is 1. The quantitative estimate of drug-likeness (QED) is 0.685. The minimum Gasteiger partial charge on any atom is -0.350 e. The van der Waals surface area contributed by atoms with Crippen LogP contribution in [0.1, 0.15) is 48.2 Å². The van der Waals surface area contributed by atoms with Crippen molar-refractivity contribution in [3.05, 3.63) is 62.5 Å². The molecule has 1 amide bonds. The van der Waals surface area contributed by atoms with Gasteiger partial charge >= 0.3 is 0 Å². The van der Waals surface area contributed by atoms with Crippen LogP contribution in [0.15, 0.2) is 29.3 Å². The topological polar surface area (TPSA) is 64.0 Å². The lowest BCUT2D eigenvalue weighted by atomic mass is 9.97. The van der Waals surface area contributed by atoms with Gasteiger partial charge in [-0.05, 0) is 55.9 Å². The smallest absolute Gasteiger partial charge is 0.262 e. The van der Waals surface area contributed by atoms with Gasteiger partial charge < -0.3 is 5.32 Å². The first kappa shape index (κ1) is 19.7. The average Bonchev–Trinajstić information content (AvgIpc) is 3.08. The van der Waals surface area contributed by atoms with Crippen LogP contribution in [-0.4, -0.2) is 15.5 Å². The number of halogens is 2. The molecule has 1 N–H and O–H groups in total. The summed E-state index contributed by atoms with van der Waals surface area (Å²) in [5.74, 6) is -2.15. The van der Waals surface area contributed by atoms with Gasteiger partial charge in [-0.1, -0.05) is 6.07 Å². The fourth-order valence-electron chi connectivity index (χ4n) is 3.74. The summed E-state index contributed by atoms with van der Waals surface area (Å²) in [5.41, 5.74) is 1.50. The molecule has 0 bridgehead atoms. The molecule has 1 aliphatic carbocycles. The predicted octanol–water partition coefficient (Wildman–Crippen LogP) is 3.88. The summed E-state index contributed by atoms with van der Waals surface area (Å²) < 4.78 is 27.9. The van der Waals surface area contributed by atoms with E-state index in [0.29, 0.717) is 10.9 Å². The van der Waals surface area contributed by atoms with Crippen LogP contribution in [0.3, 0.4) is 0 Å². The standard InChI is InChI=1S/C21H21F2N3O2S/c1-12(13-6-7-15(22)16(23)10-13)25-18(27)8-9-26-11-24-20-19(21(26)28)14-4-2-3-5-17(14)29-20/h6-7,10-12H,2-5,8-9H2,1H3,(H,25,27). The lowest BCUT2D eigenvalue weighted by Crippen LogP contribution is -2.29. The molecule has 4 rings (SSSR count). The second-order valence-corrected chi connectivity index (χ2v) is 8.43. The second kappa shape index (κ2) is 8.02. The fraction of sp³-hybridized carbons (Fsp3) is 0.381. The number of rotatable bonds is 5. The SMILES string of the molecule is CC(NC(=O)CCn1cnc2sc3c(c2c1=O)CCCC3)c1ccc(F)c(F)c1. The van der Waals surface area contributed by atoms with Crippen LogP contribution in [0.4, 0.5) is 8.78 Å². The van der Waals surface area contributed by atoms with E-state index in [1.807, 2.05) is 0 Å². The first-order chi connectivity index (χ1) is 13.9. The summed E-state index contributed by atoms with van der Waals surface area (Å²) in [5, 5.41) is 3.45. The largest absolute Gasteiger partial charge is 0.350 e. The van der Waals surface area contributed by atoms with Crippen molar-refractivity contribution in [1.82, 2.24) is 14.9 Å². The molecule has 8 heteroatoms. The number of hydrogen-bond donors (Lipinski definition) is 1. The first-order valence-corrected chi connectivity index (χ1v) is 10.5. The third kappa shape index (κ3) is 3.94. The zero-order valence-electron chi connectivity index (χ0n) is 16.0. The Bertz CT molecular complexity index is 1140. The summed E-state index contributed by atoms with van der Waals surface area (Å²) >= 11 is 1.59. The third-order valence-electron chi connectivity index (χ3n) is 5.34. The highest BCUT2D eigenvalue weighted by Crippen LogP contribution is 2.33. The summed E-state index contributed by atoms with van der Waals surface area (Å²) in [6, 6.07) is 3.07. The Kier molecular flexibility index (Phi) is 5.45.